The van der Waals surface area contributed by atoms with Crippen LogP contribution in [0.4, 0.5) is 21.5 Å². The molecule has 1 aliphatic rings. The Morgan fingerprint density at radius 1 is 1.12 bits per heavy atom. The van der Waals surface area contributed by atoms with E-state index in [2.05, 4.69) is 29.5 Å². The number of nitrogens with zero attached hydrogens (tertiary/aromatic N) is 2. The van der Waals surface area contributed by atoms with Crippen LogP contribution in [0.3, 0.4) is 0 Å². The molecule has 0 radical (unpaired) electrons. The van der Waals surface area contributed by atoms with Gasteiger partial charge >= 0.3 is 0 Å². The molecular formula is C32H43FN4O4. The molecule has 2 aromatic carbocycles. The molecule has 1 fully saturated rings. The third-order valence-electron chi connectivity index (χ3n) is 7.08. The van der Waals surface area contributed by atoms with Crippen molar-refractivity contribution in [3.8, 4) is 5.75 Å². The van der Waals surface area contributed by atoms with Gasteiger partial charge in [0.25, 0.3) is 0 Å². The fourth-order valence-electron chi connectivity index (χ4n) is 4.81. The van der Waals surface area contributed by atoms with Crippen molar-refractivity contribution in [3.05, 3.63) is 53.4 Å². The van der Waals surface area contributed by atoms with E-state index in [9.17, 15) is 9.59 Å². The Balaban J connectivity index is 1.74. The molecule has 0 aliphatic carbocycles. The molecule has 0 unspecified atom stereocenters. The summed E-state index contributed by atoms with van der Waals surface area (Å²) in [5.41, 5.74) is 3.71. The van der Waals surface area contributed by atoms with E-state index >= 15 is 4.39 Å². The fourth-order valence-corrected chi connectivity index (χ4v) is 4.81. The number of amides is 2. The molecule has 2 N–H and O–H groups in total. The highest BCUT2D eigenvalue weighted by atomic mass is 19.1. The molecule has 0 aromatic heterocycles. The lowest BCUT2D eigenvalue weighted by molar-refractivity contribution is -0.137. The maximum Gasteiger partial charge on any atom is 0.233 e. The van der Waals surface area contributed by atoms with E-state index in [-0.39, 0.29) is 23.7 Å². The van der Waals surface area contributed by atoms with Gasteiger partial charge in [-0.15, -0.1) is 0 Å². The predicted octanol–water partition coefficient (Wildman–Crippen LogP) is 6.80. The normalized spacial score (nSPS) is 15.4. The largest absolute Gasteiger partial charge is 0.491 e. The van der Waals surface area contributed by atoms with Gasteiger partial charge < -0.3 is 25.0 Å². The minimum atomic E-state index is -0.457. The van der Waals surface area contributed by atoms with Gasteiger partial charge in [-0.05, 0) is 68.4 Å². The van der Waals surface area contributed by atoms with E-state index < -0.39 is 5.82 Å². The molecule has 9 heteroatoms. The van der Waals surface area contributed by atoms with Gasteiger partial charge in [-0.3, -0.25) is 14.6 Å². The van der Waals surface area contributed by atoms with Crippen molar-refractivity contribution in [2.24, 2.45) is 10.4 Å². The van der Waals surface area contributed by atoms with E-state index in [1.54, 1.807) is 55.5 Å². The average Bonchev–Trinajstić information content (AvgIpc) is 2.92. The lowest BCUT2D eigenvalue weighted by Gasteiger charge is -2.38. The van der Waals surface area contributed by atoms with Crippen LogP contribution in [0.25, 0.3) is 5.70 Å². The second kappa shape index (κ2) is 14.8. The van der Waals surface area contributed by atoms with Gasteiger partial charge in [0.05, 0.1) is 17.9 Å². The van der Waals surface area contributed by atoms with Gasteiger partial charge in [-0.25, -0.2) is 4.39 Å². The van der Waals surface area contributed by atoms with Crippen molar-refractivity contribution in [1.82, 2.24) is 4.90 Å². The molecular weight excluding hydrogens is 523 g/mol. The minimum absolute atomic E-state index is 0.0725. The van der Waals surface area contributed by atoms with Gasteiger partial charge in [0.15, 0.2) is 0 Å². The second-order valence-electron chi connectivity index (χ2n) is 11.0. The summed E-state index contributed by atoms with van der Waals surface area (Å²) in [5.74, 6) is -0.582. The maximum atomic E-state index is 15.5. The SMILES string of the molecule is CC=Nc1cc(OCCOC)cc(F)c1C(Nc1ccc(NC(=O)CC(=O)N2CCCC(C)(C)C2)cc1)=C(C)CC. The van der Waals surface area contributed by atoms with Crippen molar-refractivity contribution in [3.63, 3.8) is 0 Å². The van der Waals surface area contributed by atoms with Crippen molar-refractivity contribution in [1.29, 1.82) is 0 Å². The predicted molar refractivity (Wildman–Crippen MR) is 163 cm³/mol. The van der Waals surface area contributed by atoms with Gasteiger partial charge in [0.1, 0.15) is 24.6 Å². The monoisotopic (exact) mass is 566 g/mol. The van der Waals surface area contributed by atoms with Crippen LogP contribution in [0.1, 0.15) is 65.9 Å². The Bertz CT molecular complexity index is 1270. The topological polar surface area (TPSA) is 92.3 Å². The number of halogens is 1. The Labute approximate surface area is 243 Å². The highest BCUT2D eigenvalue weighted by molar-refractivity contribution is 6.03. The first-order valence-corrected chi connectivity index (χ1v) is 14.2. The lowest BCUT2D eigenvalue weighted by Crippen LogP contribution is -2.44. The zero-order valence-electron chi connectivity index (χ0n) is 25.1. The first-order valence-electron chi connectivity index (χ1n) is 14.2. The highest BCUT2D eigenvalue weighted by Gasteiger charge is 2.29. The van der Waals surface area contributed by atoms with Crippen molar-refractivity contribution in [2.45, 2.75) is 60.3 Å². The summed E-state index contributed by atoms with van der Waals surface area (Å²) in [6, 6.07) is 10.2. The van der Waals surface area contributed by atoms with Crippen LogP contribution in [0.2, 0.25) is 0 Å². The Hall–Kier alpha value is -3.72. The number of hydrogen-bond acceptors (Lipinski definition) is 6. The summed E-state index contributed by atoms with van der Waals surface area (Å²) < 4.78 is 26.2. The number of benzene rings is 2. The van der Waals surface area contributed by atoms with Crippen molar-refractivity contribution >= 4 is 40.8 Å². The van der Waals surface area contributed by atoms with E-state index in [0.717, 1.165) is 18.4 Å². The van der Waals surface area contributed by atoms with Gasteiger partial charge in [0, 0.05) is 55.6 Å². The summed E-state index contributed by atoms with van der Waals surface area (Å²) >= 11 is 0. The van der Waals surface area contributed by atoms with E-state index in [0.29, 0.717) is 66.8 Å². The van der Waals surface area contributed by atoms with E-state index in [4.69, 9.17) is 9.47 Å². The third kappa shape index (κ3) is 9.14. The number of carbonyl (C=O) groups is 2. The molecule has 1 saturated heterocycles. The van der Waals surface area contributed by atoms with Crippen LogP contribution in [0.15, 0.2) is 47.0 Å². The maximum absolute atomic E-state index is 15.5. The molecule has 8 nitrogen and oxygen atoms in total. The highest BCUT2D eigenvalue weighted by Crippen LogP contribution is 2.36. The molecule has 0 bridgehead atoms. The summed E-state index contributed by atoms with van der Waals surface area (Å²) in [4.78, 5) is 31.5. The molecule has 3 rings (SSSR count). The Morgan fingerprint density at radius 3 is 2.41 bits per heavy atom. The number of ether oxygens (including phenoxy) is 2. The number of carbonyl (C=O) groups excluding carboxylic acids is 2. The number of nitrogens with one attached hydrogen (secondary N) is 2. The van der Waals surface area contributed by atoms with Crippen LogP contribution in [0, 0.1) is 11.2 Å². The molecule has 222 valence electrons. The zero-order valence-corrected chi connectivity index (χ0v) is 25.1. The number of anilines is 2. The Morgan fingerprint density at radius 2 is 1.80 bits per heavy atom. The molecule has 2 aromatic rings. The minimum Gasteiger partial charge on any atom is -0.491 e. The summed E-state index contributed by atoms with van der Waals surface area (Å²) in [5, 5.41) is 6.16. The van der Waals surface area contributed by atoms with Crippen LogP contribution in [0.5, 0.6) is 5.75 Å². The summed E-state index contributed by atoms with van der Waals surface area (Å²) in [7, 11) is 1.58. The van der Waals surface area contributed by atoms with E-state index in [1.807, 2.05) is 13.8 Å². The number of aliphatic imine (C=N–C) groups is 1. The molecule has 0 atom stereocenters. The first-order chi connectivity index (χ1) is 19.6. The zero-order chi connectivity index (χ0) is 30.0. The molecule has 2 amide bonds. The van der Waals surface area contributed by atoms with Crippen LogP contribution in [-0.2, 0) is 14.3 Å². The number of piperidine rings is 1. The van der Waals surface area contributed by atoms with Crippen molar-refractivity contribution in [2.75, 3.05) is 44.0 Å². The van der Waals surface area contributed by atoms with Gasteiger partial charge in [0.2, 0.25) is 11.8 Å². The molecule has 1 aliphatic heterocycles. The molecule has 41 heavy (non-hydrogen) atoms. The second-order valence-corrected chi connectivity index (χ2v) is 11.0. The van der Waals surface area contributed by atoms with Gasteiger partial charge in [-0.2, -0.15) is 0 Å². The number of allylic oxidation sites excluding steroid dienone is 1. The number of likely N-dealkylation sites (tertiary alicyclic amines) is 1. The first kappa shape index (κ1) is 31.8. The molecule has 0 saturated carbocycles. The van der Waals surface area contributed by atoms with Crippen LogP contribution in [-0.4, -0.2) is 56.3 Å². The number of hydrogen-bond donors (Lipinski definition) is 2. The third-order valence-corrected chi connectivity index (χ3v) is 7.08. The average molecular weight is 567 g/mol. The van der Waals surface area contributed by atoms with Crippen molar-refractivity contribution < 1.29 is 23.5 Å². The molecule has 1 heterocycles. The number of methoxy groups -OCH3 is 1. The lowest BCUT2D eigenvalue weighted by atomic mass is 9.84. The molecule has 0 spiro atoms. The van der Waals surface area contributed by atoms with Crippen LogP contribution < -0.4 is 15.4 Å². The van der Waals surface area contributed by atoms with E-state index in [1.165, 1.54) is 6.07 Å². The number of rotatable bonds is 12. The van der Waals surface area contributed by atoms with Crippen LogP contribution >= 0.6 is 0 Å². The van der Waals surface area contributed by atoms with Gasteiger partial charge in [-0.1, -0.05) is 20.8 Å². The smallest absolute Gasteiger partial charge is 0.233 e. The standard InChI is InChI=1S/C32H43FN4O4/c1-7-22(3)31(30-26(33)18-25(41-17-16-40-6)19-27(30)34-8-2)36-24-12-10-23(11-13-24)35-28(38)20-29(39)37-15-9-14-32(4,5)21-37/h8,10-13,18-19,36H,7,9,14-17,20-21H2,1-6H3,(H,35,38). The fraction of sp³-hybridized carbons (Fsp3) is 0.469. The Kier molecular flexibility index (Phi) is 11.5. The quantitative estimate of drug-likeness (QED) is 0.167. The summed E-state index contributed by atoms with van der Waals surface area (Å²) in [6.45, 7) is 12.1. The summed E-state index contributed by atoms with van der Waals surface area (Å²) in [6.07, 6.45) is 4.14.